The van der Waals surface area contributed by atoms with E-state index in [1.807, 2.05) is 26.0 Å². The number of carbonyl (C=O) groups excluding carboxylic acids is 1. The van der Waals surface area contributed by atoms with Crippen LogP contribution in [-0.4, -0.2) is 23.3 Å². The van der Waals surface area contributed by atoms with Gasteiger partial charge in [0.2, 0.25) is 0 Å². The lowest BCUT2D eigenvalue weighted by Crippen LogP contribution is -2.35. The average molecular weight is 350 g/mol. The first-order chi connectivity index (χ1) is 12.5. The lowest BCUT2D eigenvalue weighted by Gasteiger charge is -2.22. The first-order valence-corrected chi connectivity index (χ1v) is 8.22. The van der Waals surface area contributed by atoms with E-state index in [2.05, 4.69) is 10.5 Å². The Kier molecular flexibility index (Phi) is 3.59. The number of rotatable bonds is 3. The van der Waals surface area contributed by atoms with E-state index in [1.165, 1.54) is 7.11 Å². The highest BCUT2D eigenvalue weighted by Gasteiger charge is 2.48. The zero-order valence-electron chi connectivity index (χ0n) is 14.7. The standard InChI is InChI=1S/C20H18N2O4/c1-11-17(12(2)26-22-11)13-9-15-18(16(10-13)25-3)21-19(23)20(15,24)14-7-5-4-6-8-14/h4-10,24H,1-3H3,(H,21,23). The molecule has 0 spiro atoms. The number of aromatic nitrogens is 1. The van der Waals surface area contributed by atoms with Crippen LogP contribution in [0.4, 0.5) is 5.69 Å². The van der Waals surface area contributed by atoms with Crippen molar-refractivity contribution in [3.63, 3.8) is 0 Å². The maximum atomic E-state index is 12.7. The number of nitrogens with one attached hydrogen (secondary N) is 1. The second kappa shape index (κ2) is 5.71. The fourth-order valence-corrected chi connectivity index (χ4v) is 3.52. The van der Waals surface area contributed by atoms with Gasteiger partial charge in [0.15, 0.2) is 5.60 Å². The Morgan fingerprint density at radius 1 is 1.19 bits per heavy atom. The first kappa shape index (κ1) is 16.4. The second-order valence-corrected chi connectivity index (χ2v) is 6.33. The minimum atomic E-state index is -1.79. The van der Waals surface area contributed by atoms with E-state index in [9.17, 15) is 9.90 Å². The summed E-state index contributed by atoms with van der Waals surface area (Å²) in [5, 5.41) is 18.1. The minimum absolute atomic E-state index is 0.447. The number of methoxy groups -OCH3 is 1. The van der Waals surface area contributed by atoms with Gasteiger partial charge in [0.1, 0.15) is 11.5 Å². The molecule has 1 unspecified atom stereocenters. The number of aliphatic hydroxyl groups is 1. The molecule has 2 heterocycles. The molecular weight excluding hydrogens is 332 g/mol. The van der Waals surface area contributed by atoms with Crippen LogP contribution in [0.25, 0.3) is 11.1 Å². The molecule has 0 saturated heterocycles. The molecule has 6 heteroatoms. The average Bonchev–Trinajstić information content (AvgIpc) is 3.12. The maximum Gasteiger partial charge on any atom is 0.265 e. The molecule has 1 aromatic heterocycles. The molecule has 0 fully saturated rings. The van der Waals surface area contributed by atoms with Crippen molar-refractivity contribution < 1.29 is 19.2 Å². The van der Waals surface area contributed by atoms with Gasteiger partial charge in [-0.1, -0.05) is 35.5 Å². The van der Waals surface area contributed by atoms with E-state index < -0.39 is 11.5 Å². The Morgan fingerprint density at radius 2 is 1.92 bits per heavy atom. The van der Waals surface area contributed by atoms with E-state index >= 15 is 0 Å². The SMILES string of the molecule is COc1cc(-c2c(C)noc2C)cc2c1NC(=O)C2(O)c1ccccc1. The number of hydrogen-bond donors (Lipinski definition) is 2. The molecule has 1 atom stereocenters. The molecule has 2 N–H and O–H groups in total. The molecule has 26 heavy (non-hydrogen) atoms. The molecule has 3 aromatic rings. The first-order valence-electron chi connectivity index (χ1n) is 8.22. The Bertz CT molecular complexity index is 991. The van der Waals surface area contributed by atoms with Crippen molar-refractivity contribution in [1.82, 2.24) is 5.16 Å². The van der Waals surface area contributed by atoms with Gasteiger partial charge in [-0.2, -0.15) is 0 Å². The van der Waals surface area contributed by atoms with Gasteiger partial charge in [-0.25, -0.2) is 0 Å². The van der Waals surface area contributed by atoms with Crippen molar-refractivity contribution in [1.29, 1.82) is 0 Å². The van der Waals surface area contributed by atoms with Crippen LogP contribution in [0.3, 0.4) is 0 Å². The lowest BCUT2D eigenvalue weighted by atomic mass is 9.85. The van der Waals surface area contributed by atoms with Gasteiger partial charge in [0, 0.05) is 11.1 Å². The van der Waals surface area contributed by atoms with E-state index in [1.54, 1.807) is 30.3 Å². The van der Waals surface area contributed by atoms with Crippen molar-refractivity contribution in [3.05, 3.63) is 65.0 Å². The highest BCUT2D eigenvalue weighted by atomic mass is 16.5. The van der Waals surface area contributed by atoms with Gasteiger partial charge < -0.3 is 19.7 Å². The predicted molar refractivity (Wildman–Crippen MR) is 96.0 cm³/mol. The van der Waals surface area contributed by atoms with Crippen LogP contribution in [0.1, 0.15) is 22.6 Å². The van der Waals surface area contributed by atoms with Crippen LogP contribution in [0.15, 0.2) is 47.0 Å². The predicted octanol–water partition coefficient (Wildman–Crippen LogP) is 3.16. The number of hydrogen-bond acceptors (Lipinski definition) is 5. The summed E-state index contributed by atoms with van der Waals surface area (Å²) in [6.45, 7) is 3.67. The summed E-state index contributed by atoms with van der Waals surface area (Å²) in [4.78, 5) is 12.7. The topological polar surface area (TPSA) is 84.6 Å². The van der Waals surface area contributed by atoms with Crippen molar-refractivity contribution >= 4 is 11.6 Å². The molecule has 132 valence electrons. The summed E-state index contributed by atoms with van der Waals surface area (Å²) in [6.07, 6.45) is 0. The quantitative estimate of drug-likeness (QED) is 0.758. The van der Waals surface area contributed by atoms with Crippen LogP contribution >= 0.6 is 0 Å². The summed E-state index contributed by atoms with van der Waals surface area (Å²) in [7, 11) is 1.53. The van der Waals surface area contributed by atoms with E-state index in [0.29, 0.717) is 28.3 Å². The van der Waals surface area contributed by atoms with Crippen molar-refractivity contribution in [3.8, 4) is 16.9 Å². The van der Waals surface area contributed by atoms with Gasteiger partial charge >= 0.3 is 0 Å². The Morgan fingerprint density at radius 3 is 2.54 bits per heavy atom. The summed E-state index contributed by atoms with van der Waals surface area (Å²) in [5.41, 5.74) is 1.93. The highest BCUT2D eigenvalue weighted by molar-refractivity contribution is 6.09. The maximum absolute atomic E-state index is 12.7. The fourth-order valence-electron chi connectivity index (χ4n) is 3.52. The summed E-state index contributed by atoms with van der Waals surface area (Å²) < 4.78 is 10.7. The van der Waals surface area contributed by atoms with E-state index in [-0.39, 0.29) is 0 Å². The van der Waals surface area contributed by atoms with Crippen molar-refractivity contribution in [2.75, 3.05) is 12.4 Å². The minimum Gasteiger partial charge on any atom is -0.495 e. The second-order valence-electron chi connectivity index (χ2n) is 6.33. The number of fused-ring (bicyclic) bond motifs is 1. The zero-order valence-corrected chi connectivity index (χ0v) is 14.7. The fraction of sp³-hybridized carbons (Fsp3) is 0.200. The summed E-state index contributed by atoms with van der Waals surface area (Å²) in [6, 6.07) is 12.5. The van der Waals surface area contributed by atoms with Crippen molar-refractivity contribution in [2.24, 2.45) is 0 Å². The van der Waals surface area contributed by atoms with Gasteiger partial charge in [0.05, 0.1) is 18.5 Å². The summed E-state index contributed by atoms with van der Waals surface area (Å²) in [5.74, 6) is 0.621. The molecule has 0 radical (unpaired) electrons. The Labute approximate surface area is 150 Å². The van der Waals surface area contributed by atoms with E-state index in [0.717, 1.165) is 16.8 Å². The van der Waals surface area contributed by atoms with Gasteiger partial charge in [-0.3, -0.25) is 4.79 Å². The third-order valence-electron chi connectivity index (χ3n) is 4.79. The van der Waals surface area contributed by atoms with E-state index in [4.69, 9.17) is 9.26 Å². The highest BCUT2D eigenvalue weighted by Crippen LogP contribution is 2.47. The largest absolute Gasteiger partial charge is 0.495 e. The molecular formula is C20H18N2O4. The molecule has 1 aliphatic heterocycles. The molecule has 1 amide bonds. The van der Waals surface area contributed by atoms with Crippen LogP contribution in [-0.2, 0) is 10.4 Å². The Hall–Kier alpha value is -3.12. The molecule has 2 aromatic carbocycles. The van der Waals surface area contributed by atoms with Gasteiger partial charge in [-0.15, -0.1) is 0 Å². The number of aryl methyl sites for hydroxylation is 2. The molecule has 4 rings (SSSR count). The monoisotopic (exact) mass is 350 g/mol. The zero-order chi connectivity index (χ0) is 18.5. The molecule has 6 nitrogen and oxygen atoms in total. The third kappa shape index (κ3) is 2.16. The molecule has 0 saturated carbocycles. The van der Waals surface area contributed by atoms with Crippen LogP contribution < -0.4 is 10.1 Å². The van der Waals surface area contributed by atoms with Crippen LogP contribution in [0.2, 0.25) is 0 Å². The van der Waals surface area contributed by atoms with Crippen molar-refractivity contribution in [2.45, 2.75) is 19.4 Å². The number of carbonyl (C=O) groups is 1. The third-order valence-corrected chi connectivity index (χ3v) is 4.79. The number of anilines is 1. The Balaban J connectivity index is 2.00. The normalized spacial score (nSPS) is 18.5. The van der Waals surface area contributed by atoms with Crippen LogP contribution in [0.5, 0.6) is 5.75 Å². The number of ether oxygens (including phenoxy) is 1. The van der Waals surface area contributed by atoms with Gasteiger partial charge in [-0.05, 0) is 37.1 Å². The molecule has 1 aliphatic rings. The van der Waals surface area contributed by atoms with Gasteiger partial charge in [0.25, 0.3) is 5.91 Å². The summed E-state index contributed by atoms with van der Waals surface area (Å²) >= 11 is 0. The number of benzene rings is 2. The lowest BCUT2D eigenvalue weighted by molar-refractivity contribution is -0.129. The number of nitrogens with zero attached hydrogens (tertiary/aromatic N) is 1. The van der Waals surface area contributed by atoms with Crippen LogP contribution in [0, 0.1) is 13.8 Å². The number of amides is 1. The molecule has 0 aliphatic carbocycles. The molecule has 0 bridgehead atoms. The smallest absolute Gasteiger partial charge is 0.265 e.